The second-order valence-electron chi connectivity index (χ2n) is 27.3. The van der Waals surface area contributed by atoms with Gasteiger partial charge in [0.15, 0.2) is 0 Å². The van der Waals surface area contributed by atoms with E-state index in [1.165, 1.54) is 15.2 Å². The average molecular weight is 1250 g/mol. The van der Waals surface area contributed by atoms with Crippen molar-refractivity contribution >= 4 is 46.1 Å². The highest BCUT2D eigenvalue weighted by atomic mass is 127. The van der Waals surface area contributed by atoms with Gasteiger partial charge in [-0.25, -0.2) is 0 Å². The molecule has 4 aromatic carbocycles. The smallest absolute Gasteiger partial charge is 0.416 e. The topological polar surface area (TPSA) is 162 Å². The summed E-state index contributed by atoms with van der Waals surface area (Å²) < 4.78 is 46.6. The van der Waals surface area contributed by atoms with Crippen LogP contribution in [0.1, 0.15) is 94.0 Å². The van der Waals surface area contributed by atoms with E-state index in [-0.39, 0.29) is 69.2 Å². The number of Topliss-reactive ketones (excluding diaryl/α,β-unsaturated/α-hetero) is 1. The third-order valence-corrected chi connectivity index (χ3v) is 20.9. The van der Waals surface area contributed by atoms with Crippen molar-refractivity contribution in [3.63, 3.8) is 0 Å². The van der Waals surface area contributed by atoms with Crippen LogP contribution in [0.2, 0.25) is 0 Å². The number of carbonyl (C=O) groups is 4. The Bertz CT molecular complexity index is 2950. The van der Waals surface area contributed by atoms with E-state index in [9.17, 15) is 32.3 Å². The van der Waals surface area contributed by atoms with E-state index in [1.807, 2.05) is 30.3 Å². The first kappa shape index (κ1) is 59.8. The highest BCUT2D eigenvalue weighted by molar-refractivity contribution is 14.1. The summed E-state index contributed by atoms with van der Waals surface area (Å²) in [6.45, 7) is 19.0. The van der Waals surface area contributed by atoms with E-state index in [0.717, 1.165) is 114 Å². The maximum atomic E-state index is 13.1. The molecule has 0 bridgehead atoms. The summed E-state index contributed by atoms with van der Waals surface area (Å²) in [5.74, 6) is 7.36. The highest BCUT2D eigenvalue weighted by Crippen LogP contribution is 2.57. The largest absolute Gasteiger partial charge is 0.491 e. The van der Waals surface area contributed by atoms with Gasteiger partial charge in [0.1, 0.15) is 18.1 Å². The van der Waals surface area contributed by atoms with Crippen molar-refractivity contribution in [3.8, 4) is 5.75 Å². The van der Waals surface area contributed by atoms with Gasteiger partial charge in [-0.15, -0.1) is 0 Å². The number of carbonyl (C=O) groups excluding carboxylic acids is 4. The van der Waals surface area contributed by atoms with E-state index in [0.29, 0.717) is 72.4 Å². The molecule has 6 saturated carbocycles. The normalized spacial score (nSPS) is 29.8. The van der Waals surface area contributed by atoms with Crippen molar-refractivity contribution in [1.82, 2.24) is 37.2 Å². The number of rotatable bonds is 18. The van der Waals surface area contributed by atoms with Gasteiger partial charge in [0.25, 0.3) is 0 Å². The summed E-state index contributed by atoms with van der Waals surface area (Å²) in [5.41, 5.74) is 2.68. The molecular weight excluding hydrogens is 1170 g/mol. The van der Waals surface area contributed by atoms with Crippen LogP contribution in [-0.2, 0) is 43.7 Å². The van der Waals surface area contributed by atoms with Crippen LogP contribution in [0.3, 0.4) is 0 Å². The second kappa shape index (κ2) is 24.1. The molecule has 16 heteroatoms. The van der Waals surface area contributed by atoms with Gasteiger partial charge in [-0.2, -0.15) is 13.2 Å². The van der Waals surface area contributed by atoms with Gasteiger partial charge in [0.2, 0.25) is 17.7 Å². The molecule has 6 aliphatic carbocycles. The predicted molar refractivity (Wildman–Crippen MR) is 324 cm³/mol. The van der Waals surface area contributed by atoms with E-state index in [1.54, 1.807) is 12.1 Å². The zero-order chi connectivity index (χ0) is 58.5. The molecule has 12 nitrogen and oxygen atoms in total. The SMILES string of the molecule is CC(C)(CCc1ccccc1)NC(=O)C1[C@H]2CNC[C@@H]12.CC(C)(NC(=O)C1[C@H]2CNC[C@@H]12)c1ccccc1.Cc1cc(I)ccc1OCC1(NC(=O)C2[C@H]3CNC[C@@H]23)CC1.O=C(CC1(Cc2ccccc2C(F)(F)F)CC1)C1[C@H]2CNC[C@@H]12. The summed E-state index contributed by atoms with van der Waals surface area (Å²) in [4.78, 5) is 49.5. The number of nitrogens with one attached hydrogen (secondary N) is 7. The Hall–Kier alpha value is -4.88. The van der Waals surface area contributed by atoms with Crippen LogP contribution in [-0.4, -0.2) is 93.5 Å². The van der Waals surface area contributed by atoms with Gasteiger partial charge in [-0.3, -0.25) is 19.2 Å². The number of ketones is 1. The fraction of sp³-hybridized carbons (Fsp3) is 0.582. The summed E-state index contributed by atoms with van der Waals surface area (Å²) in [6, 6.07) is 32.6. The van der Waals surface area contributed by atoms with Gasteiger partial charge in [0.05, 0.1) is 16.6 Å². The Morgan fingerprint density at radius 2 is 1.08 bits per heavy atom. The van der Waals surface area contributed by atoms with Crippen molar-refractivity contribution < 1.29 is 37.1 Å². The molecule has 4 aromatic rings. The Kier molecular flexibility index (Phi) is 17.4. The van der Waals surface area contributed by atoms with Crippen molar-refractivity contribution in [3.05, 3.63) is 135 Å². The predicted octanol–water partition coefficient (Wildman–Crippen LogP) is 9.03. The Balaban J connectivity index is 0.000000116. The molecule has 0 spiro atoms. The number of hydrogen-bond donors (Lipinski definition) is 7. The van der Waals surface area contributed by atoms with Gasteiger partial charge in [0, 0.05) is 39.2 Å². The minimum absolute atomic E-state index is 0.114. The minimum Gasteiger partial charge on any atom is -0.491 e. The third-order valence-electron chi connectivity index (χ3n) is 20.2. The van der Waals surface area contributed by atoms with Crippen LogP contribution < -0.4 is 42.0 Å². The molecule has 10 aliphatic rings. The summed E-state index contributed by atoms with van der Waals surface area (Å²) in [6.07, 6.45) is 2.28. The van der Waals surface area contributed by atoms with E-state index >= 15 is 0 Å². The third kappa shape index (κ3) is 14.4. The Labute approximate surface area is 502 Å². The number of benzene rings is 4. The first-order valence-electron chi connectivity index (χ1n) is 30.6. The molecule has 0 aromatic heterocycles. The molecule has 4 aliphatic heterocycles. The van der Waals surface area contributed by atoms with Crippen molar-refractivity contribution in [2.75, 3.05) is 59.0 Å². The van der Waals surface area contributed by atoms with Gasteiger partial charge >= 0.3 is 6.18 Å². The molecule has 4 saturated heterocycles. The average Bonchev–Trinajstić information content (AvgIpc) is 2.18. The molecule has 3 amide bonds. The molecule has 4 unspecified atom stereocenters. The number of piperidine rings is 4. The molecule has 0 radical (unpaired) electrons. The lowest BCUT2D eigenvalue weighted by molar-refractivity contribution is -0.138. The number of aryl methyl sites for hydroxylation is 2. The van der Waals surface area contributed by atoms with E-state index in [2.05, 4.69) is 143 Å². The zero-order valence-corrected chi connectivity index (χ0v) is 51.0. The number of halogens is 4. The van der Waals surface area contributed by atoms with Crippen LogP contribution in [0.25, 0.3) is 0 Å². The summed E-state index contributed by atoms with van der Waals surface area (Å²) in [7, 11) is 0. The molecular formula is C67H85F3IN7O5. The van der Waals surface area contributed by atoms with Gasteiger partial charge in [-0.1, -0.05) is 78.9 Å². The Morgan fingerprint density at radius 3 is 1.59 bits per heavy atom. The lowest BCUT2D eigenvalue weighted by Crippen LogP contribution is -2.45. The number of hydrogen-bond acceptors (Lipinski definition) is 9. The number of alkyl halides is 3. The van der Waals surface area contributed by atoms with Crippen LogP contribution in [0.4, 0.5) is 13.2 Å². The number of amides is 3. The number of ether oxygens (including phenoxy) is 1. The van der Waals surface area contributed by atoms with Crippen molar-refractivity contribution in [2.45, 2.75) is 109 Å². The maximum absolute atomic E-state index is 13.1. The first-order valence-corrected chi connectivity index (χ1v) is 31.7. The quantitative estimate of drug-likeness (QED) is 0.0483. The fourth-order valence-electron chi connectivity index (χ4n) is 14.4. The molecule has 12 atom stereocenters. The molecule has 4 heterocycles. The lowest BCUT2D eigenvalue weighted by Gasteiger charge is -2.27. The molecule has 446 valence electrons. The van der Waals surface area contributed by atoms with Crippen molar-refractivity contribution in [1.29, 1.82) is 0 Å². The van der Waals surface area contributed by atoms with Crippen molar-refractivity contribution in [2.24, 2.45) is 76.4 Å². The Morgan fingerprint density at radius 1 is 0.602 bits per heavy atom. The summed E-state index contributed by atoms with van der Waals surface area (Å²) >= 11 is 2.30. The van der Waals surface area contributed by atoms with Crippen LogP contribution in [0.5, 0.6) is 5.75 Å². The summed E-state index contributed by atoms with van der Waals surface area (Å²) in [5, 5.41) is 23.0. The van der Waals surface area contributed by atoms with Crippen LogP contribution in [0.15, 0.2) is 103 Å². The number of fused-ring (bicyclic) bond motifs is 4. The molecule has 10 fully saturated rings. The monoisotopic (exact) mass is 1250 g/mol. The molecule has 83 heavy (non-hydrogen) atoms. The highest BCUT2D eigenvalue weighted by Gasteiger charge is 2.61. The van der Waals surface area contributed by atoms with Gasteiger partial charge in [-0.05, 0) is 254 Å². The van der Waals surface area contributed by atoms with E-state index in [4.69, 9.17) is 4.74 Å². The first-order chi connectivity index (χ1) is 39.6. The van der Waals surface area contributed by atoms with Crippen LogP contribution in [0, 0.1) is 86.9 Å². The maximum Gasteiger partial charge on any atom is 0.416 e. The van der Waals surface area contributed by atoms with Gasteiger partial charge < -0.3 is 42.0 Å². The fourth-order valence-corrected chi connectivity index (χ4v) is 15.1. The lowest BCUT2D eigenvalue weighted by atomic mass is 9.87. The van der Waals surface area contributed by atoms with Crippen LogP contribution >= 0.6 is 22.6 Å². The zero-order valence-electron chi connectivity index (χ0n) is 48.8. The second-order valence-corrected chi connectivity index (χ2v) is 28.6. The standard InChI is InChI=1S/C18H20F3NO.C17H21IN2O2.C17H24N2O.C15H20N2O/c19-18(20,21)14-4-2-1-3-11(14)7-17(5-6-17)8-15(23)16-12-9-22-10-13(12)16;1-10-6-11(18)2-3-14(10)22-9-17(4-5-17)20-16(21)15-12-7-19-8-13(12)15;1-17(2,9-8-12-6-4-3-5-7-12)19-16(20)15-13-10-18-11-14(13)15;1-15(2,10-6-4-3-5-7-10)17-14(18)13-11-8-16-9-12(11)13/h1-4,12-13,16,22H,5-10H2;2-3,6,12-13,15,19H,4-5,7-9H2,1H3,(H,20,21);3-7,13-15,18H,8-11H2,1-2H3,(H,19,20);3-7,11-13,16H,8-9H2,1-2H3,(H,17,18)/t12-,13+,16?;12-,13+,15?;13-,14+,15?;11-,12+,13?. The van der Waals surface area contributed by atoms with E-state index < -0.39 is 11.7 Å². The molecule has 14 rings (SSSR count). The molecule has 7 N–H and O–H groups in total. The minimum atomic E-state index is -4.32.